The molecule has 0 saturated carbocycles. The lowest BCUT2D eigenvalue weighted by molar-refractivity contribution is 0.242. The molecule has 0 spiro atoms. The van der Waals surface area contributed by atoms with E-state index in [2.05, 4.69) is 11.1 Å². The van der Waals surface area contributed by atoms with Gasteiger partial charge in [0.15, 0.2) is 11.6 Å². The number of nitrogens with zero attached hydrogens (tertiary/aromatic N) is 3. The average molecular weight is 281 g/mol. The van der Waals surface area contributed by atoms with Gasteiger partial charge in [0.25, 0.3) is 0 Å². The van der Waals surface area contributed by atoms with Crippen LogP contribution in [0.2, 0.25) is 0 Å². The van der Waals surface area contributed by atoms with Crippen LogP contribution in [0.1, 0.15) is 25.0 Å². The number of aromatic nitrogens is 1. The Labute approximate surface area is 125 Å². The Hall–Kier alpha value is -2.54. The van der Waals surface area contributed by atoms with E-state index >= 15 is 0 Å². The summed E-state index contributed by atoms with van der Waals surface area (Å²) in [5.41, 5.74) is 1.73. The predicted octanol–water partition coefficient (Wildman–Crippen LogP) is 3.38. The topological polar surface area (TPSA) is 49.1 Å². The molecule has 2 aromatic rings. The predicted molar refractivity (Wildman–Crippen MR) is 83.3 cm³/mol. The molecule has 108 valence electrons. The number of nitriles is 1. The van der Waals surface area contributed by atoms with Crippen molar-refractivity contribution in [1.82, 2.24) is 4.98 Å². The molecule has 1 aromatic carbocycles. The van der Waals surface area contributed by atoms with Crippen LogP contribution in [0.15, 0.2) is 42.6 Å². The molecular weight excluding hydrogens is 262 g/mol. The van der Waals surface area contributed by atoms with E-state index in [1.54, 1.807) is 12.3 Å². The molecule has 4 heteroatoms. The highest BCUT2D eigenvalue weighted by molar-refractivity contribution is 5.52. The minimum Gasteiger partial charge on any atom is -0.487 e. The standard InChI is InChI=1S/C17H19N3O/c1-13(2)21-16-8-5-9-19-17(16)20(3)12-15-7-4-6-14(10-15)11-18/h4-10,13H,12H2,1-3H3. The summed E-state index contributed by atoms with van der Waals surface area (Å²) in [6.45, 7) is 4.65. The van der Waals surface area contributed by atoms with Gasteiger partial charge in [0.1, 0.15) is 0 Å². The number of pyridine rings is 1. The van der Waals surface area contributed by atoms with Crippen LogP contribution in [0.25, 0.3) is 0 Å². The van der Waals surface area contributed by atoms with Gasteiger partial charge in [-0.1, -0.05) is 12.1 Å². The highest BCUT2D eigenvalue weighted by atomic mass is 16.5. The highest BCUT2D eigenvalue weighted by Gasteiger charge is 2.11. The number of rotatable bonds is 5. The Balaban J connectivity index is 2.20. The first-order valence-corrected chi connectivity index (χ1v) is 6.92. The molecule has 0 aliphatic heterocycles. The molecule has 1 heterocycles. The van der Waals surface area contributed by atoms with Crippen molar-refractivity contribution in [2.75, 3.05) is 11.9 Å². The molecule has 1 aromatic heterocycles. The van der Waals surface area contributed by atoms with Crippen molar-refractivity contribution in [3.05, 3.63) is 53.7 Å². The summed E-state index contributed by atoms with van der Waals surface area (Å²) in [6.07, 6.45) is 1.85. The Bertz CT molecular complexity index is 646. The Morgan fingerprint density at radius 3 is 2.81 bits per heavy atom. The van der Waals surface area contributed by atoms with Gasteiger partial charge in [0.05, 0.1) is 17.7 Å². The molecule has 0 fully saturated rings. The molecule has 0 radical (unpaired) electrons. The van der Waals surface area contributed by atoms with Crippen LogP contribution in [-0.2, 0) is 6.54 Å². The maximum atomic E-state index is 8.96. The zero-order valence-corrected chi connectivity index (χ0v) is 12.6. The quantitative estimate of drug-likeness (QED) is 0.843. The van der Waals surface area contributed by atoms with Gasteiger partial charge < -0.3 is 9.64 Å². The molecule has 0 aliphatic carbocycles. The van der Waals surface area contributed by atoms with Gasteiger partial charge in [-0.3, -0.25) is 0 Å². The molecule has 21 heavy (non-hydrogen) atoms. The van der Waals surface area contributed by atoms with Gasteiger partial charge in [-0.2, -0.15) is 5.26 Å². The number of hydrogen-bond acceptors (Lipinski definition) is 4. The van der Waals surface area contributed by atoms with Gasteiger partial charge in [-0.05, 0) is 43.7 Å². The molecule has 2 rings (SSSR count). The Kier molecular flexibility index (Phi) is 4.78. The van der Waals surface area contributed by atoms with Crippen molar-refractivity contribution in [3.63, 3.8) is 0 Å². The summed E-state index contributed by atoms with van der Waals surface area (Å²) in [5.74, 6) is 1.57. The number of hydrogen-bond donors (Lipinski definition) is 0. The summed E-state index contributed by atoms with van der Waals surface area (Å²) in [6, 6.07) is 13.5. The minimum absolute atomic E-state index is 0.100. The van der Waals surface area contributed by atoms with Crippen molar-refractivity contribution >= 4 is 5.82 Å². The molecule has 0 atom stereocenters. The van der Waals surface area contributed by atoms with Gasteiger partial charge >= 0.3 is 0 Å². The maximum absolute atomic E-state index is 8.96. The van der Waals surface area contributed by atoms with E-state index in [0.717, 1.165) is 17.1 Å². The van der Waals surface area contributed by atoms with E-state index in [0.29, 0.717) is 12.1 Å². The molecule has 0 amide bonds. The summed E-state index contributed by atoms with van der Waals surface area (Å²) in [7, 11) is 1.97. The molecule has 0 saturated heterocycles. The molecule has 0 unspecified atom stereocenters. The fourth-order valence-corrected chi connectivity index (χ4v) is 2.10. The van der Waals surface area contributed by atoms with E-state index in [9.17, 15) is 0 Å². The minimum atomic E-state index is 0.100. The van der Waals surface area contributed by atoms with Gasteiger partial charge in [-0.15, -0.1) is 0 Å². The number of benzene rings is 1. The van der Waals surface area contributed by atoms with E-state index in [-0.39, 0.29) is 6.10 Å². The van der Waals surface area contributed by atoms with Gasteiger partial charge in [-0.25, -0.2) is 4.98 Å². The van der Waals surface area contributed by atoms with Crippen LogP contribution in [0, 0.1) is 11.3 Å². The van der Waals surface area contributed by atoms with Crippen LogP contribution in [-0.4, -0.2) is 18.1 Å². The zero-order valence-electron chi connectivity index (χ0n) is 12.6. The molecular formula is C17H19N3O. The molecule has 4 nitrogen and oxygen atoms in total. The lowest BCUT2D eigenvalue weighted by Gasteiger charge is -2.22. The third-order valence-electron chi connectivity index (χ3n) is 2.95. The summed E-state index contributed by atoms with van der Waals surface area (Å²) in [4.78, 5) is 6.43. The fourth-order valence-electron chi connectivity index (χ4n) is 2.10. The van der Waals surface area contributed by atoms with E-state index < -0.39 is 0 Å². The first-order chi connectivity index (χ1) is 10.1. The van der Waals surface area contributed by atoms with Gasteiger partial charge in [0.2, 0.25) is 0 Å². The van der Waals surface area contributed by atoms with Crippen molar-refractivity contribution < 1.29 is 4.74 Å². The normalized spacial score (nSPS) is 10.2. The summed E-state index contributed by atoms with van der Waals surface area (Å²) < 4.78 is 5.79. The number of ether oxygens (including phenoxy) is 1. The van der Waals surface area contributed by atoms with Crippen LogP contribution >= 0.6 is 0 Å². The third-order valence-corrected chi connectivity index (χ3v) is 2.95. The monoisotopic (exact) mass is 281 g/mol. The van der Waals surface area contributed by atoms with E-state index in [4.69, 9.17) is 10.00 Å². The van der Waals surface area contributed by atoms with Crippen LogP contribution in [0.4, 0.5) is 5.82 Å². The Morgan fingerprint density at radius 2 is 2.10 bits per heavy atom. The maximum Gasteiger partial charge on any atom is 0.171 e. The second kappa shape index (κ2) is 6.76. The van der Waals surface area contributed by atoms with Crippen LogP contribution in [0.5, 0.6) is 5.75 Å². The SMILES string of the molecule is CC(C)Oc1cccnc1N(C)Cc1cccc(C#N)c1. The van der Waals surface area contributed by atoms with Crippen LogP contribution < -0.4 is 9.64 Å². The molecule has 0 aliphatic rings. The van der Waals surface area contributed by atoms with E-state index in [1.165, 1.54) is 0 Å². The first-order valence-electron chi connectivity index (χ1n) is 6.92. The lowest BCUT2D eigenvalue weighted by Crippen LogP contribution is -2.19. The zero-order chi connectivity index (χ0) is 15.2. The van der Waals surface area contributed by atoms with Gasteiger partial charge in [0, 0.05) is 19.8 Å². The van der Waals surface area contributed by atoms with Crippen molar-refractivity contribution in [3.8, 4) is 11.8 Å². The van der Waals surface area contributed by atoms with Crippen molar-refractivity contribution in [2.45, 2.75) is 26.5 Å². The highest BCUT2D eigenvalue weighted by Crippen LogP contribution is 2.26. The lowest BCUT2D eigenvalue weighted by atomic mass is 10.1. The Morgan fingerprint density at radius 1 is 1.29 bits per heavy atom. The average Bonchev–Trinajstić information content (AvgIpc) is 2.47. The summed E-state index contributed by atoms with van der Waals surface area (Å²) in [5, 5.41) is 8.96. The third kappa shape index (κ3) is 3.96. The largest absolute Gasteiger partial charge is 0.487 e. The van der Waals surface area contributed by atoms with E-state index in [1.807, 2.05) is 56.1 Å². The van der Waals surface area contributed by atoms with Crippen molar-refractivity contribution in [1.29, 1.82) is 5.26 Å². The van der Waals surface area contributed by atoms with Crippen molar-refractivity contribution in [2.24, 2.45) is 0 Å². The second-order valence-corrected chi connectivity index (χ2v) is 5.16. The first kappa shape index (κ1) is 14.9. The second-order valence-electron chi connectivity index (χ2n) is 5.16. The fraction of sp³-hybridized carbons (Fsp3) is 0.294. The molecule has 0 bridgehead atoms. The molecule has 0 N–H and O–H groups in total. The smallest absolute Gasteiger partial charge is 0.171 e. The van der Waals surface area contributed by atoms with Crippen LogP contribution in [0.3, 0.4) is 0 Å². The summed E-state index contributed by atoms with van der Waals surface area (Å²) >= 11 is 0. The number of anilines is 1.